The van der Waals surface area contributed by atoms with Crippen molar-refractivity contribution in [1.82, 2.24) is 10.2 Å². The zero-order valence-electron chi connectivity index (χ0n) is 13.7. The number of hydrogen-bond acceptors (Lipinski definition) is 5. The lowest BCUT2D eigenvalue weighted by Crippen LogP contribution is -2.54. The third-order valence-corrected chi connectivity index (χ3v) is 4.28. The van der Waals surface area contributed by atoms with E-state index in [1.807, 2.05) is 0 Å². The van der Waals surface area contributed by atoms with Gasteiger partial charge >= 0.3 is 5.97 Å². The predicted molar refractivity (Wildman–Crippen MR) is 80.5 cm³/mol. The Morgan fingerprint density at radius 1 is 1.09 bits per heavy atom. The van der Waals surface area contributed by atoms with E-state index in [1.165, 1.54) is 0 Å². The van der Waals surface area contributed by atoms with Gasteiger partial charge in [-0.1, -0.05) is 33.1 Å². The number of carbonyl (C=O) groups is 4. The summed E-state index contributed by atoms with van der Waals surface area (Å²) in [6.45, 7) is 3.37. The Labute approximate surface area is 135 Å². The first-order valence-corrected chi connectivity index (χ1v) is 8.26. The average molecular weight is 324 g/mol. The highest BCUT2D eigenvalue weighted by Crippen LogP contribution is 2.26. The van der Waals surface area contributed by atoms with Gasteiger partial charge in [0.15, 0.2) is 0 Å². The molecule has 128 valence electrons. The van der Waals surface area contributed by atoms with E-state index < -0.39 is 24.1 Å². The van der Waals surface area contributed by atoms with Gasteiger partial charge in [0.2, 0.25) is 17.7 Å². The maximum atomic E-state index is 12.3. The standard InChI is InChI=1S/C16H24N2O5/c1-10(2)14(21)17-16(18-12(19)8-9-13(18)20)23-15(22)11-6-4-3-5-7-11/h10-11,16H,3-9H2,1-2H3,(H,17,21). The summed E-state index contributed by atoms with van der Waals surface area (Å²) in [4.78, 5) is 48.9. The van der Waals surface area contributed by atoms with E-state index in [2.05, 4.69) is 5.32 Å². The van der Waals surface area contributed by atoms with Gasteiger partial charge in [-0.05, 0) is 12.8 Å². The zero-order valence-corrected chi connectivity index (χ0v) is 13.7. The number of hydrogen-bond donors (Lipinski definition) is 1. The topological polar surface area (TPSA) is 92.8 Å². The predicted octanol–water partition coefficient (Wildman–Crippen LogP) is 1.31. The molecule has 1 atom stereocenters. The minimum atomic E-state index is -1.33. The lowest BCUT2D eigenvalue weighted by molar-refractivity contribution is -0.175. The highest BCUT2D eigenvalue weighted by Gasteiger charge is 2.39. The van der Waals surface area contributed by atoms with E-state index in [-0.39, 0.29) is 30.6 Å². The van der Waals surface area contributed by atoms with Gasteiger partial charge in [-0.2, -0.15) is 0 Å². The molecule has 0 aromatic rings. The number of likely N-dealkylation sites (tertiary alicyclic amines) is 1. The molecule has 2 fully saturated rings. The fourth-order valence-electron chi connectivity index (χ4n) is 2.84. The summed E-state index contributed by atoms with van der Waals surface area (Å²) < 4.78 is 5.35. The lowest BCUT2D eigenvalue weighted by Gasteiger charge is -2.29. The fraction of sp³-hybridized carbons (Fsp3) is 0.750. The van der Waals surface area contributed by atoms with Gasteiger partial charge in [-0.15, -0.1) is 0 Å². The monoisotopic (exact) mass is 324 g/mol. The van der Waals surface area contributed by atoms with Gasteiger partial charge in [0, 0.05) is 18.8 Å². The molecule has 0 bridgehead atoms. The molecule has 1 aliphatic carbocycles. The van der Waals surface area contributed by atoms with Crippen LogP contribution in [0.3, 0.4) is 0 Å². The van der Waals surface area contributed by atoms with Crippen LogP contribution < -0.4 is 5.32 Å². The van der Waals surface area contributed by atoms with Crippen LogP contribution in [-0.2, 0) is 23.9 Å². The van der Waals surface area contributed by atoms with E-state index in [1.54, 1.807) is 13.8 Å². The lowest BCUT2D eigenvalue weighted by atomic mass is 9.89. The van der Waals surface area contributed by atoms with E-state index in [0.717, 1.165) is 37.0 Å². The molecule has 2 rings (SSSR count). The Balaban J connectivity index is 2.09. The molecule has 23 heavy (non-hydrogen) atoms. The van der Waals surface area contributed by atoms with Crippen LogP contribution in [0.5, 0.6) is 0 Å². The summed E-state index contributed by atoms with van der Waals surface area (Å²) >= 11 is 0. The normalized spacial score (nSPS) is 20.7. The van der Waals surface area contributed by atoms with Crippen molar-refractivity contribution in [2.24, 2.45) is 11.8 Å². The minimum Gasteiger partial charge on any atom is -0.422 e. The summed E-state index contributed by atoms with van der Waals surface area (Å²) in [5.74, 6) is -2.26. The van der Waals surface area contributed by atoms with Crippen molar-refractivity contribution in [2.75, 3.05) is 0 Å². The van der Waals surface area contributed by atoms with Gasteiger partial charge in [-0.3, -0.25) is 19.2 Å². The molecule has 7 nitrogen and oxygen atoms in total. The van der Waals surface area contributed by atoms with Crippen molar-refractivity contribution in [1.29, 1.82) is 0 Å². The number of amides is 3. The van der Waals surface area contributed by atoms with Crippen molar-refractivity contribution in [3.63, 3.8) is 0 Å². The van der Waals surface area contributed by atoms with Crippen LogP contribution >= 0.6 is 0 Å². The second kappa shape index (κ2) is 7.57. The number of rotatable bonds is 5. The van der Waals surface area contributed by atoms with Gasteiger partial charge in [0.1, 0.15) is 0 Å². The van der Waals surface area contributed by atoms with Crippen LogP contribution in [0.25, 0.3) is 0 Å². The number of nitrogens with zero attached hydrogens (tertiary/aromatic N) is 1. The maximum absolute atomic E-state index is 12.3. The Morgan fingerprint density at radius 3 is 2.17 bits per heavy atom. The van der Waals surface area contributed by atoms with Crippen molar-refractivity contribution in [3.05, 3.63) is 0 Å². The first-order valence-electron chi connectivity index (χ1n) is 8.26. The quantitative estimate of drug-likeness (QED) is 0.468. The number of esters is 1. The number of ether oxygens (including phenoxy) is 1. The number of carbonyl (C=O) groups excluding carboxylic acids is 4. The molecule has 0 aromatic heterocycles. The molecule has 0 spiro atoms. The molecule has 3 amide bonds. The summed E-state index contributed by atoms with van der Waals surface area (Å²) in [6.07, 6.45) is 3.33. The molecule has 1 unspecified atom stereocenters. The molecule has 1 saturated carbocycles. The first-order chi connectivity index (χ1) is 10.9. The molecule has 0 aromatic carbocycles. The van der Waals surface area contributed by atoms with Crippen LogP contribution in [0.15, 0.2) is 0 Å². The average Bonchev–Trinajstić information content (AvgIpc) is 2.86. The Kier molecular flexibility index (Phi) is 5.74. The Hall–Kier alpha value is -1.92. The minimum absolute atomic E-state index is 0.0772. The number of nitrogens with one attached hydrogen (secondary N) is 1. The van der Waals surface area contributed by atoms with Crippen molar-refractivity contribution < 1.29 is 23.9 Å². The van der Waals surface area contributed by atoms with Gasteiger partial charge < -0.3 is 10.1 Å². The highest BCUT2D eigenvalue weighted by atomic mass is 16.6. The largest absolute Gasteiger partial charge is 0.422 e. The zero-order chi connectivity index (χ0) is 17.0. The maximum Gasteiger partial charge on any atom is 0.312 e. The van der Waals surface area contributed by atoms with E-state index in [9.17, 15) is 19.2 Å². The smallest absolute Gasteiger partial charge is 0.312 e. The molecular formula is C16H24N2O5. The van der Waals surface area contributed by atoms with Crippen molar-refractivity contribution in [3.8, 4) is 0 Å². The molecular weight excluding hydrogens is 300 g/mol. The second-order valence-electron chi connectivity index (χ2n) is 6.44. The molecule has 1 saturated heterocycles. The van der Waals surface area contributed by atoms with Crippen molar-refractivity contribution in [2.45, 2.75) is 65.1 Å². The summed E-state index contributed by atoms with van der Waals surface area (Å²) in [7, 11) is 0. The third kappa shape index (κ3) is 4.30. The molecule has 2 aliphatic rings. The summed E-state index contributed by atoms with van der Waals surface area (Å²) in [6, 6.07) is 0. The second-order valence-corrected chi connectivity index (χ2v) is 6.44. The SMILES string of the molecule is CC(C)C(=O)NC(OC(=O)C1CCCCC1)N1C(=O)CCC1=O. The van der Waals surface area contributed by atoms with Crippen molar-refractivity contribution >= 4 is 23.7 Å². The summed E-state index contributed by atoms with van der Waals surface area (Å²) in [5.41, 5.74) is 0. The Bertz CT molecular complexity index is 481. The van der Waals surface area contributed by atoms with Crippen LogP contribution in [0.4, 0.5) is 0 Å². The first kappa shape index (κ1) is 17.4. The number of imide groups is 1. The third-order valence-electron chi connectivity index (χ3n) is 4.28. The van der Waals surface area contributed by atoms with Crippen LogP contribution in [-0.4, -0.2) is 34.9 Å². The van der Waals surface area contributed by atoms with E-state index in [0.29, 0.717) is 0 Å². The van der Waals surface area contributed by atoms with Crippen LogP contribution in [0.2, 0.25) is 0 Å². The van der Waals surface area contributed by atoms with E-state index in [4.69, 9.17) is 4.74 Å². The molecule has 1 N–H and O–H groups in total. The molecule has 0 radical (unpaired) electrons. The van der Waals surface area contributed by atoms with Crippen LogP contribution in [0, 0.1) is 11.8 Å². The fourth-order valence-corrected chi connectivity index (χ4v) is 2.84. The Morgan fingerprint density at radius 2 is 1.65 bits per heavy atom. The highest BCUT2D eigenvalue weighted by molar-refractivity contribution is 6.02. The summed E-state index contributed by atoms with van der Waals surface area (Å²) in [5, 5.41) is 2.49. The van der Waals surface area contributed by atoms with E-state index >= 15 is 0 Å². The molecule has 1 heterocycles. The molecule has 7 heteroatoms. The van der Waals surface area contributed by atoms with Gasteiger partial charge in [0.25, 0.3) is 6.35 Å². The van der Waals surface area contributed by atoms with Crippen LogP contribution in [0.1, 0.15) is 58.8 Å². The molecule has 1 aliphatic heterocycles. The van der Waals surface area contributed by atoms with Gasteiger partial charge in [0.05, 0.1) is 5.92 Å². The van der Waals surface area contributed by atoms with Gasteiger partial charge in [-0.25, -0.2) is 4.90 Å².